The number of carbonyl (C=O) groups excluding carboxylic acids is 11. The van der Waals surface area contributed by atoms with Crippen molar-refractivity contribution in [1.29, 1.82) is 0 Å². The fourth-order valence-electron chi connectivity index (χ4n) is 10.6. The molecule has 0 radical (unpaired) electrons. The monoisotopic (exact) mass is 1210 g/mol. The first-order chi connectivity index (χ1) is 40.8. The number of aliphatic hydroxyl groups excluding tert-OH is 1. The first-order valence-corrected chi connectivity index (χ1v) is 30.2. The van der Waals surface area contributed by atoms with Gasteiger partial charge in [-0.25, -0.2) is 0 Å². The van der Waals surface area contributed by atoms with Gasteiger partial charge in [-0.15, -0.1) is 0 Å². The molecule has 1 fully saturated rings. The van der Waals surface area contributed by atoms with Crippen LogP contribution in [0.4, 0.5) is 0 Å². The summed E-state index contributed by atoms with van der Waals surface area (Å²) in [5.41, 5.74) is 0. The molecular weight excluding hydrogens is 1090 g/mol. The highest BCUT2D eigenvalue weighted by atomic mass is 16.3. The van der Waals surface area contributed by atoms with E-state index >= 15 is 9.59 Å². The Hall–Kier alpha value is -6.13. The van der Waals surface area contributed by atoms with Gasteiger partial charge in [0.15, 0.2) is 0 Å². The van der Waals surface area contributed by atoms with Gasteiger partial charge in [-0.1, -0.05) is 109 Å². The second kappa shape index (κ2) is 34.9. The third-order valence-electron chi connectivity index (χ3n) is 15.9. The molecule has 1 aliphatic rings. The Morgan fingerprint density at radius 1 is 0.494 bits per heavy atom. The number of aliphatic hydroxyl groups is 1. The van der Waals surface area contributed by atoms with Gasteiger partial charge in [-0.05, 0) is 101 Å². The Morgan fingerprint density at radius 2 is 0.918 bits per heavy atom. The number of nitrogens with zero attached hydrogens (tertiary/aromatic N) is 7. The van der Waals surface area contributed by atoms with E-state index in [1.165, 1.54) is 89.7 Å². The lowest BCUT2D eigenvalue weighted by atomic mass is 9.91. The highest BCUT2D eigenvalue weighted by Crippen LogP contribution is 2.26. The van der Waals surface area contributed by atoms with Crippen LogP contribution in [0.15, 0.2) is 12.1 Å². The average molecular weight is 1210 g/mol. The van der Waals surface area contributed by atoms with Gasteiger partial charge < -0.3 is 60.7 Å². The van der Waals surface area contributed by atoms with E-state index in [4.69, 9.17) is 5.48 Å². The van der Waals surface area contributed by atoms with Crippen LogP contribution in [0.25, 0.3) is 0 Å². The molecule has 486 valence electrons. The van der Waals surface area contributed by atoms with Crippen molar-refractivity contribution in [3.05, 3.63) is 12.1 Å². The maximum atomic E-state index is 15.2. The van der Waals surface area contributed by atoms with Crippen molar-refractivity contribution in [3.63, 3.8) is 0 Å². The van der Waals surface area contributed by atoms with Crippen LogP contribution < -0.4 is 21.3 Å². The lowest BCUT2D eigenvalue weighted by Gasteiger charge is -2.41. The topological polar surface area (TPSA) is 279 Å². The van der Waals surface area contributed by atoms with Crippen molar-refractivity contribution in [2.45, 2.75) is 223 Å². The molecule has 0 aliphatic carbocycles. The predicted molar refractivity (Wildman–Crippen MR) is 328 cm³/mol. The molecule has 11 amide bonds. The molecule has 23 heteroatoms. The minimum atomic E-state index is -2.79. The Morgan fingerprint density at radius 3 is 1.38 bits per heavy atom. The van der Waals surface area contributed by atoms with Gasteiger partial charge in [-0.3, -0.25) is 52.7 Å². The van der Waals surface area contributed by atoms with Gasteiger partial charge in [0.05, 0.1) is 14.0 Å². The molecule has 1 heterocycles. The van der Waals surface area contributed by atoms with Gasteiger partial charge >= 0.3 is 0 Å². The lowest BCUT2D eigenvalue weighted by Crippen LogP contribution is -2.63. The summed E-state index contributed by atoms with van der Waals surface area (Å²) in [5, 5.41) is 23.0. The lowest BCUT2D eigenvalue weighted by molar-refractivity contribution is -0.157. The first kappa shape index (κ1) is 69.6. The van der Waals surface area contributed by atoms with E-state index in [1.807, 2.05) is 55.4 Å². The highest BCUT2D eigenvalue weighted by molar-refractivity contribution is 5.99. The predicted octanol–water partition coefficient (Wildman–Crippen LogP) is 3.27. The first-order valence-electron chi connectivity index (χ1n) is 32.2. The molecule has 1 rings (SSSR count). The number of allylic oxidation sites excluding steroid dienone is 2. The molecular formula is C62H111N11O12. The number of carbonyl (C=O) groups is 11. The maximum Gasteiger partial charge on any atom is 0.246 e. The summed E-state index contributed by atoms with van der Waals surface area (Å²) >= 11 is 0. The van der Waals surface area contributed by atoms with E-state index in [9.17, 15) is 48.3 Å². The fourth-order valence-corrected chi connectivity index (χ4v) is 10.6. The van der Waals surface area contributed by atoms with Crippen LogP contribution in [0.5, 0.6) is 0 Å². The van der Waals surface area contributed by atoms with Gasteiger partial charge in [0.1, 0.15) is 60.4 Å². The Balaban J connectivity index is 4.39. The Bertz CT molecular complexity index is 2500. The molecule has 0 aromatic carbocycles. The summed E-state index contributed by atoms with van der Waals surface area (Å²) in [7, 11) is 9.55. The third kappa shape index (κ3) is 21.7. The zero-order valence-corrected chi connectivity index (χ0v) is 55.5. The minimum Gasteiger partial charge on any atom is -0.390 e. The van der Waals surface area contributed by atoms with E-state index in [1.54, 1.807) is 34.6 Å². The van der Waals surface area contributed by atoms with Crippen molar-refractivity contribution in [3.8, 4) is 0 Å². The molecule has 0 saturated carbocycles. The second-order valence-electron chi connectivity index (χ2n) is 25.9. The molecule has 5 N–H and O–H groups in total. The van der Waals surface area contributed by atoms with E-state index in [-0.39, 0.29) is 62.2 Å². The third-order valence-corrected chi connectivity index (χ3v) is 15.9. The van der Waals surface area contributed by atoms with Gasteiger partial charge in [-0.2, -0.15) is 0 Å². The normalized spacial score (nSPS) is 27.9. The molecule has 12 atom stereocenters. The van der Waals surface area contributed by atoms with Crippen LogP contribution in [-0.4, -0.2) is 227 Å². The van der Waals surface area contributed by atoms with Crippen molar-refractivity contribution < 1.29 is 63.3 Å². The SMILES string of the molecule is [2H]/C(=C\C[C@@H](C)[C@@H](O)[C@H]1C(=O)N[C@@H](CC)C(=O)N(C)CC(=O)N(C)[C@@H](CC(C)C)C(=O)N[C@@H](C(C)C)C(=O)N(C)[C@@H](CC(C)C)C(=O)N[C@@H](C)C(=O)N[C@H](C)C(=O)N(C)[C@@H](CC(C)C)C(=O)N(C)[C@@H](CC(C)C)C(=O)N(C)[C@@H](C(C)C)C(=O)N1C)C([2H])([2H])[2H]. The highest BCUT2D eigenvalue weighted by Gasteiger charge is 2.45. The largest absolute Gasteiger partial charge is 0.390 e. The second-order valence-corrected chi connectivity index (χ2v) is 25.9. The minimum absolute atomic E-state index is 0.0694. The van der Waals surface area contributed by atoms with E-state index in [2.05, 4.69) is 21.3 Å². The van der Waals surface area contributed by atoms with E-state index < -0.39 is 169 Å². The number of rotatable bonds is 15. The van der Waals surface area contributed by atoms with Crippen molar-refractivity contribution in [2.24, 2.45) is 41.4 Å². The quantitative estimate of drug-likeness (QED) is 0.148. The Kier molecular flexibility index (Phi) is 28.6. The summed E-state index contributed by atoms with van der Waals surface area (Å²) in [4.78, 5) is 169. The number of hydrogen-bond donors (Lipinski definition) is 5. The van der Waals surface area contributed by atoms with Crippen molar-refractivity contribution in [1.82, 2.24) is 55.6 Å². The standard InChI is InChI=1S/C62H111N11O12/c1-25-27-28-40(15)52(75)51-56(79)65-43(26-2)58(81)67(18)33-48(74)68(19)44(29-34(3)4)55(78)66-49(38(11)12)61(84)69(20)45(30-35(5)6)54(77)63-41(16)53(76)64-42(17)57(80)70(21)46(31-36(7)8)59(82)71(22)47(32-37(9)10)60(83)72(23)50(39(13)14)62(85)73(51)24/h25,27,34-47,49-52,75H,26,28-33H2,1-24H3,(H,63,77)(H,64,76)(H,65,79)(H,66,78)/b27-25+/t40-,41+,42-,43+,44+,45+,46+,47+,49+,50+,51+,52-/m1/s1/i1D3,25D. The van der Waals surface area contributed by atoms with E-state index in [0.717, 1.165) is 20.8 Å². The summed E-state index contributed by atoms with van der Waals surface area (Å²) in [6.07, 6.45) is -0.573. The van der Waals surface area contributed by atoms with Crippen LogP contribution in [0, 0.1) is 41.4 Å². The van der Waals surface area contributed by atoms with Crippen molar-refractivity contribution in [2.75, 3.05) is 55.9 Å². The average Bonchev–Trinajstić information content (AvgIpc) is 0.957. The van der Waals surface area contributed by atoms with Crippen LogP contribution in [0.2, 0.25) is 0 Å². The smallest absolute Gasteiger partial charge is 0.246 e. The molecule has 0 aromatic heterocycles. The van der Waals surface area contributed by atoms with Gasteiger partial charge in [0, 0.05) is 53.4 Å². The number of amides is 11. The zero-order valence-electron chi connectivity index (χ0n) is 59.5. The molecule has 85 heavy (non-hydrogen) atoms. The number of likely N-dealkylation sites (N-methyl/N-ethyl adjacent to an activating group) is 7. The zero-order chi connectivity index (χ0) is 69.3. The molecule has 0 aromatic rings. The van der Waals surface area contributed by atoms with E-state index in [0.29, 0.717) is 0 Å². The summed E-state index contributed by atoms with van der Waals surface area (Å²) in [6.45, 7) is 23.9. The number of nitrogens with one attached hydrogen (secondary N) is 4. The fraction of sp³-hybridized carbons (Fsp3) is 0.790. The molecule has 0 bridgehead atoms. The molecule has 1 aliphatic heterocycles. The van der Waals surface area contributed by atoms with Crippen LogP contribution in [0.3, 0.4) is 0 Å². The van der Waals surface area contributed by atoms with Crippen LogP contribution in [0.1, 0.15) is 162 Å². The summed E-state index contributed by atoms with van der Waals surface area (Å²) in [6, 6.07) is -13.8. The Labute approximate surface area is 514 Å². The maximum absolute atomic E-state index is 15.2. The van der Waals surface area contributed by atoms with Crippen LogP contribution >= 0.6 is 0 Å². The van der Waals surface area contributed by atoms with Crippen molar-refractivity contribution >= 4 is 65.0 Å². The molecule has 0 unspecified atom stereocenters. The summed E-state index contributed by atoms with van der Waals surface area (Å²) < 4.78 is 31.2. The van der Waals surface area contributed by atoms with Gasteiger partial charge in [0.25, 0.3) is 0 Å². The summed E-state index contributed by atoms with van der Waals surface area (Å²) in [5.74, 6) is -11.1. The van der Waals surface area contributed by atoms with Gasteiger partial charge in [0.2, 0.25) is 65.0 Å². The van der Waals surface area contributed by atoms with Crippen LogP contribution in [-0.2, 0) is 52.7 Å². The molecule has 23 nitrogen and oxygen atoms in total. The molecule has 0 spiro atoms. The molecule has 1 saturated heterocycles. The number of hydrogen-bond acceptors (Lipinski definition) is 12.